The van der Waals surface area contributed by atoms with Crippen molar-refractivity contribution < 1.29 is 4.74 Å². The Labute approximate surface area is 91.6 Å². The normalized spacial score (nSPS) is 12.8. The van der Waals surface area contributed by atoms with E-state index >= 15 is 0 Å². The van der Waals surface area contributed by atoms with E-state index in [-0.39, 0.29) is 0 Å². The minimum Gasteiger partial charge on any atom is -0.493 e. The molecule has 0 saturated heterocycles. The van der Waals surface area contributed by atoms with Gasteiger partial charge >= 0.3 is 0 Å². The summed E-state index contributed by atoms with van der Waals surface area (Å²) >= 11 is 0. The fourth-order valence-electron chi connectivity index (χ4n) is 1.81. The minimum absolute atomic E-state index is 0.326. The first kappa shape index (κ1) is 12.0. The van der Waals surface area contributed by atoms with E-state index in [1.165, 1.54) is 12.8 Å². The van der Waals surface area contributed by atoms with Gasteiger partial charge in [0.15, 0.2) is 5.75 Å². The average molecular weight is 211 g/mol. The lowest BCUT2D eigenvalue weighted by molar-refractivity contribution is 0.391. The summed E-state index contributed by atoms with van der Waals surface area (Å²) in [5, 5.41) is 7.53. The second-order valence-electron chi connectivity index (χ2n) is 3.71. The van der Waals surface area contributed by atoms with E-state index in [0.29, 0.717) is 6.04 Å². The van der Waals surface area contributed by atoms with Gasteiger partial charge in [0.2, 0.25) is 0 Å². The van der Waals surface area contributed by atoms with Crippen molar-refractivity contribution in [3.8, 4) is 5.75 Å². The Morgan fingerprint density at radius 3 is 2.87 bits per heavy atom. The zero-order valence-corrected chi connectivity index (χ0v) is 10.1. The van der Waals surface area contributed by atoms with Gasteiger partial charge in [-0.3, -0.25) is 4.68 Å². The lowest BCUT2D eigenvalue weighted by Gasteiger charge is -2.17. The predicted octanol–water partition coefficient (Wildman–Crippen LogP) is 1.88. The Morgan fingerprint density at radius 2 is 2.33 bits per heavy atom. The van der Waals surface area contributed by atoms with Crippen molar-refractivity contribution in [1.29, 1.82) is 0 Å². The molecular formula is C11H21N3O. The van der Waals surface area contributed by atoms with Gasteiger partial charge in [0.1, 0.15) is 0 Å². The Hall–Kier alpha value is -1.03. The van der Waals surface area contributed by atoms with Crippen LogP contribution in [0.3, 0.4) is 0 Å². The number of methoxy groups -OCH3 is 1. The highest BCUT2D eigenvalue weighted by Crippen LogP contribution is 2.27. The zero-order valence-electron chi connectivity index (χ0n) is 10.1. The molecule has 0 amide bonds. The maximum Gasteiger partial charge on any atom is 0.161 e. The third-order valence-electron chi connectivity index (χ3n) is 2.69. The maximum absolute atomic E-state index is 5.31. The molecule has 1 unspecified atom stereocenters. The number of nitrogens with zero attached hydrogens (tertiary/aromatic N) is 2. The molecule has 1 aromatic heterocycles. The SMILES string of the molecule is CCCCC(NC)c1c(OC)cnn1C. The molecule has 1 heterocycles. The molecule has 1 rings (SSSR count). The molecule has 0 bridgehead atoms. The molecule has 0 aliphatic heterocycles. The fraction of sp³-hybridized carbons (Fsp3) is 0.727. The zero-order chi connectivity index (χ0) is 11.3. The Morgan fingerprint density at radius 1 is 1.60 bits per heavy atom. The molecular weight excluding hydrogens is 190 g/mol. The van der Waals surface area contributed by atoms with Crippen molar-refractivity contribution in [3.05, 3.63) is 11.9 Å². The van der Waals surface area contributed by atoms with Crippen LogP contribution in [-0.4, -0.2) is 23.9 Å². The van der Waals surface area contributed by atoms with Crippen LogP contribution >= 0.6 is 0 Å². The van der Waals surface area contributed by atoms with Gasteiger partial charge in [0.25, 0.3) is 0 Å². The van der Waals surface area contributed by atoms with Crippen molar-refractivity contribution >= 4 is 0 Å². The molecule has 1 aromatic rings. The molecule has 1 atom stereocenters. The number of aromatic nitrogens is 2. The van der Waals surface area contributed by atoms with Gasteiger partial charge in [0, 0.05) is 7.05 Å². The Bertz CT molecular complexity index is 296. The number of nitrogens with one attached hydrogen (secondary N) is 1. The van der Waals surface area contributed by atoms with Crippen LogP contribution in [0.1, 0.15) is 37.9 Å². The van der Waals surface area contributed by atoms with Crippen molar-refractivity contribution in [2.75, 3.05) is 14.2 Å². The van der Waals surface area contributed by atoms with Gasteiger partial charge in [-0.15, -0.1) is 0 Å². The van der Waals surface area contributed by atoms with Crippen molar-refractivity contribution in [1.82, 2.24) is 15.1 Å². The van der Waals surface area contributed by atoms with Crippen LogP contribution in [-0.2, 0) is 7.05 Å². The summed E-state index contributed by atoms with van der Waals surface area (Å²) in [5.41, 5.74) is 1.13. The summed E-state index contributed by atoms with van der Waals surface area (Å²) in [4.78, 5) is 0. The monoisotopic (exact) mass is 211 g/mol. The summed E-state index contributed by atoms with van der Waals surface area (Å²) in [7, 11) is 5.62. The molecule has 4 nitrogen and oxygen atoms in total. The smallest absolute Gasteiger partial charge is 0.161 e. The van der Waals surface area contributed by atoms with Crippen molar-refractivity contribution in [3.63, 3.8) is 0 Å². The van der Waals surface area contributed by atoms with Gasteiger partial charge in [-0.05, 0) is 13.5 Å². The van der Waals surface area contributed by atoms with Gasteiger partial charge in [-0.1, -0.05) is 19.8 Å². The van der Waals surface area contributed by atoms with E-state index < -0.39 is 0 Å². The molecule has 1 N–H and O–H groups in total. The maximum atomic E-state index is 5.31. The first-order valence-corrected chi connectivity index (χ1v) is 5.47. The molecule has 0 aromatic carbocycles. The molecule has 4 heteroatoms. The lowest BCUT2D eigenvalue weighted by atomic mass is 10.1. The highest BCUT2D eigenvalue weighted by atomic mass is 16.5. The van der Waals surface area contributed by atoms with Gasteiger partial charge in [-0.25, -0.2) is 0 Å². The van der Waals surface area contributed by atoms with Crippen molar-refractivity contribution in [2.24, 2.45) is 7.05 Å². The first-order valence-electron chi connectivity index (χ1n) is 5.47. The molecule has 86 valence electrons. The number of ether oxygens (including phenoxy) is 1. The molecule has 0 spiro atoms. The summed E-state index contributed by atoms with van der Waals surface area (Å²) < 4.78 is 7.19. The average Bonchev–Trinajstić information content (AvgIpc) is 2.62. The third-order valence-corrected chi connectivity index (χ3v) is 2.69. The second-order valence-corrected chi connectivity index (χ2v) is 3.71. The van der Waals surface area contributed by atoms with E-state index in [1.54, 1.807) is 13.3 Å². The van der Waals surface area contributed by atoms with E-state index in [9.17, 15) is 0 Å². The van der Waals surface area contributed by atoms with Crippen LogP contribution in [0.15, 0.2) is 6.20 Å². The molecule has 15 heavy (non-hydrogen) atoms. The topological polar surface area (TPSA) is 39.1 Å². The summed E-state index contributed by atoms with van der Waals surface area (Å²) in [6, 6.07) is 0.326. The van der Waals surface area contributed by atoms with E-state index in [2.05, 4.69) is 17.3 Å². The lowest BCUT2D eigenvalue weighted by Crippen LogP contribution is -2.20. The second kappa shape index (κ2) is 5.75. The first-order chi connectivity index (χ1) is 7.24. The number of unbranched alkanes of at least 4 members (excludes halogenated alkanes) is 1. The summed E-state index contributed by atoms with van der Waals surface area (Å²) in [6.07, 6.45) is 5.30. The van der Waals surface area contributed by atoms with Crippen LogP contribution in [0.5, 0.6) is 5.75 Å². The van der Waals surface area contributed by atoms with Crippen LogP contribution < -0.4 is 10.1 Å². The van der Waals surface area contributed by atoms with Gasteiger partial charge < -0.3 is 10.1 Å². The highest BCUT2D eigenvalue weighted by Gasteiger charge is 2.18. The summed E-state index contributed by atoms with van der Waals surface area (Å²) in [6.45, 7) is 2.20. The third kappa shape index (κ3) is 2.72. The van der Waals surface area contributed by atoms with E-state index in [1.807, 2.05) is 18.8 Å². The fourth-order valence-corrected chi connectivity index (χ4v) is 1.81. The predicted molar refractivity (Wildman–Crippen MR) is 61.1 cm³/mol. The van der Waals surface area contributed by atoms with Crippen LogP contribution in [0.4, 0.5) is 0 Å². The van der Waals surface area contributed by atoms with Crippen LogP contribution in [0, 0.1) is 0 Å². The molecule has 0 radical (unpaired) electrons. The standard InChI is InChI=1S/C11H21N3O/c1-5-6-7-9(12-2)11-10(15-4)8-13-14(11)3/h8-9,12H,5-7H2,1-4H3. The van der Waals surface area contributed by atoms with Gasteiger partial charge in [0.05, 0.1) is 25.0 Å². The summed E-state index contributed by atoms with van der Waals surface area (Å²) in [5.74, 6) is 0.868. The minimum atomic E-state index is 0.326. The number of aryl methyl sites for hydroxylation is 1. The van der Waals surface area contributed by atoms with Crippen molar-refractivity contribution in [2.45, 2.75) is 32.2 Å². The van der Waals surface area contributed by atoms with Crippen LogP contribution in [0.25, 0.3) is 0 Å². The molecule has 0 aliphatic carbocycles. The molecule has 0 saturated carbocycles. The number of rotatable bonds is 6. The van der Waals surface area contributed by atoms with E-state index in [4.69, 9.17) is 4.74 Å². The van der Waals surface area contributed by atoms with E-state index in [0.717, 1.165) is 17.9 Å². The number of hydrogen-bond donors (Lipinski definition) is 1. The van der Waals surface area contributed by atoms with Gasteiger partial charge in [-0.2, -0.15) is 5.10 Å². The quantitative estimate of drug-likeness (QED) is 0.781. The number of hydrogen-bond acceptors (Lipinski definition) is 3. The highest BCUT2D eigenvalue weighted by molar-refractivity contribution is 5.28. The Kier molecular flexibility index (Phi) is 4.62. The molecule has 0 fully saturated rings. The Balaban J connectivity index is 2.84. The molecule has 0 aliphatic rings. The largest absolute Gasteiger partial charge is 0.493 e. The van der Waals surface area contributed by atoms with Crippen LogP contribution in [0.2, 0.25) is 0 Å².